The van der Waals surface area contributed by atoms with E-state index in [2.05, 4.69) is 20.6 Å². The van der Waals surface area contributed by atoms with Gasteiger partial charge in [0.05, 0.1) is 5.02 Å². The van der Waals surface area contributed by atoms with Crippen LogP contribution in [-0.2, 0) is 0 Å². The first-order valence-electron chi connectivity index (χ1n) is 7.57. The van der Waals surface area contributed by atoms with Crippen molar-refractivity contribution < 1.29 is 9.18 Å². The summed E-state index contributed by atoms with van der Waals surface area (Å²) in [6, 6.07) is 11.6. The second-order valence-electron chi connectivity index (χ2n) is 5.58. The molecular formula is C17H11ClFN5OS. The average Bonchev–Trinajstić information content (AvgIpc) is 3.17. The Morgan fingerprint density at radius 2 is 2.08 bits per heavy atom. The lowest BCUT2D eigenvalue weighted by Crippen LogP contribution is -2.12. The minimum Gasteiger partial charge on any atom is -0.296 e. The summed E-state index contributed by atoms with van der Waals surface area (Å²) in [6.45, 7) is 1.99. The molecule has 6 nitrogen and oxygen atoms in total. The fourth-order valence-electron chi connectivity index (χ4n) is 2.44. The van der Waals surface area contributed by atoms with Crippen molar-refractivity contribution in [3.05, 3.63) is 64.4 Å². The number of aryl methyl sites for hydroxylation is 1. The van der Waals surface area contributed by atoms with Crippen LogP contribution in [0, 0.1) is 12.7 Å². The van der Waals surface area contributed by atoms with E-state index < -0.39 is 11.7 Å². The number of aromatic nitrogens is 4. The highest BCUT2D eigenvalue weighted by Gasteiger charge is 2.16. The fraction of sp³-hybridized carbons (Fsp3) is 0.0588. The number of nitrogens with one attached hydrogen (secondary N) is 1. The highest BCUT2D eigenvalue weighted by atomic mass is 35.5. The Morgan fingerprint density at radius 1 is 1.23 bits per heavy atom. The van der Waals surface area contributed by atoms with Gasteiger partial charge in [-0.1, -0.05) is 46.7 Å². The SMILES string of the molecule is Cc1cccc(-c2nnc3sc(NC(=O)c4ccc(F)c(Cl)c4)nn23)c1. The second kappa shape index (κ2) is 6.47. The Kier molecular flexibility index (Phi) is 4.14. The lowest BCUT2D eigenvalue weighted by atomic mass is 10.1. The number of rotatable bonds is 3. The van der Waals surface area contributed by atoms with Crippen molar-refractivity contribution in [1.29, 1.82) is 0 Å². The van der Waals surface area contributed by atoms with Crippen LogP contribution in [-0.4, -0.2) is 25.7 Å². The minimum atomic E-state index is -0.579. The van der Waals surface area contributed by atoms with Crippen LogP contribution in [0.4, 0.5) is 9.52 Å². The summed E-state index contributed by atoms with van der Waals surface area (Å²) < 4.78 is 14.8. The number of carbonyl (C=O) groups is 1. The number of hydrogen-bond donors (Lipinski definition) is 1. The van der Waals surface area contributed by atoms with Crippen molar-refractivity contribution in [1.82, 2.24) is 19.8 Å². The maximum atomic E-state index is 13.2. The summed E-state index contributed by atoms with van der Waals surface area (Å²) in [5, 5.41) is 15.5. The Morgan fingerprint density at radius 3 is 2.85 bits per heavy atom. The zero-order chi connectivity index (χ0) is 18.3. The van der Waals surface area contributed by atoms with Gasteiger partial charge in [-0.05, 0) is 31.2 Å². The first kappa shape index (κ1) is 16.6. The highest BCUT2D eigenvalue weighted by Crippen LogP contribution is 2.25. The van der Waals surface area contributed by atoms with Crippen molar-refractivity contribution in [3.8, 4) is 11.4 Å². The first-order valence-corrected chi connectivity index (χ1v) is 8.76. The number of anilines is 1. The molecule has 0 aliphatic carbocycles. The molecular weight excluding hydrogens is 377 g/mol. The normalized spacial score (nSPS) is 11.0. The Balaban J connectivity index is 1.64. The summed E-state index contributed by atoms with van der Waals surface area (Å²) in [5.74, 6) is -0.427. The lowest BCUT2D eigenvalue weighted by Gasteiger charge is -2.02. The summed E-state index contributed by atoms with van der Waals surface area (Å²) in [5.41, 5.74) is 2.21. The molecule has 1 amide bonds. The van der Waals surface area contributed by atoms with E-state index in [0.717, 1.165) is 17.2 Å². The van der Waals surface area contributed by atoms with Crippen LogP contribution in [0.2, 0.25) is 5.02 Å². The van der Waals surface area contributed by atoms with E-state index in [0.29, 0.717) is 15.9 Å². The molecule has 0 saturated heterocycles. The summed E-state index contributed by atoms with van der Waals surface area (Å²) >= 11 is 6.91. The topological polar surface area (TPSA) is 72.2 Å². The third-order valence-corrected chi connectivity index (χ3v) is 4.77. The molecule has 0 fully saturated rings. The van der Waals surface area contributed by atoms with Crippen LogP contribution >= 0.6 is 22.9 Å². The van der Waals surface area contributed by atoms with E-state index in [4.69, 9.17) is 11.6 Å². The molecule has 0 radical (unpaired) electrons. The van der Waals surface area contributed by atoms with Crippen molar-refractivity contribution >= 4 is 38.9 Å². The lowest BCUT2D eigenvalue weighted by molar-refractivity contribution is 0.102. The predicted molar refractivity (Wildman–Crippen MR) is 98.2 cm³/mol. The number of nitrogens with zero attached hydrogens (tertiary/aromatic N) is 4. The van der Waals surface area contributed by atoms with Gasteiger partial charge in [0.1, 0.15) is 5.82 Å². The van der Waals surface area contributed by atoms with Gasteiger partial charge in [-0.2, -0.15) is 4.52 Å². The molecule has 0 aliphatic rings. The standard InChI is InChI=1S/C17H11ClFN5OS/c1-9-3-2-4-10(7-9)14-21-22-17-24(14)23-16(26-17)20-15(25)11-5-6-13(19)12(18)8-11/h2-8H,1H3,(H,20,23,25). The second-order valence-corrected chi connectivity index (χ2v) is 6.94. The van der Waals surface area contributed by atoms with Crippen molar-refractivity contribution in [3.63, 3.8) is 0 Å². The fourth-order valence-corrected chi connectivity index (χ4v) is 3.35. The maximum Gasteiger partial charge on any atom is 0.257 e. The van der Waals surface area contributed by atoms with E-state index >= 15 is 0 Å². The van der Waals surface area contributed by atoms with Crippen molar-refractivity contribution in [2.45, 2.75) is 6.92 Å². The third-order valence-electron chi connectivity index (χ3n) is 3.67. The Labute approximate surface area is 156 Å². The van der Waals surface area contributed by atoms with Crippen LogP contribution < -0.4 is 5.32 Å². The maximum absolute atomic E-state index is 13.2. The highest BCUT2D eigenvalue weighted by molar-refractivity contribution is 7.20. The molecule has 2 aromatic heterocycles. The van der Waals surface area contributed by atoms with Crippen molar-refractivity contribution in [2.75, 3.05) is 5.32 Å². The average molecular weight is 388 g/mol. The summed E-state index contributed by atoms with van der Waals surface area (Å²) in [7, 11) is 0. The zero-order valence-electron chi connectivity index (χ0n) is 13.4. The van der Waals surface area contributed by atoms with Gasteiger partial charge in [0.25, 0.3) is 5.91 Å². The minimum absolute atomic E-state index is 0.113. The summed E-state index contributed by atoms with van der Waals surface area (Å²) in [4.78, 5) is 12.9. The van der Waals surface area contributed by atoms with Gasteiger partial charge in [0.2, 0.25) is 10.1 Å². The quantitative estimate of drug-likeness (QED) is 0.571. The molecule has 0 unspecified atom stereocenters. The number of hydrogen-bond acceptors (Lipinski definition) is 5. The van der Waals surface area contributed by atoms with Crippen LogP contribution in [0.15, 0.2) is 42.5 Å². The van der Waals surface area contributed by atoms with E-state index in [1.54, 1.807) is 4.52 Å². The van der Waals surface area contributed by atoms with Gasteiger partial charge in [-0.15, -0.1) is 15.3 Å². The van der Waals surface area contributed by atoms with Gasteiger partial charge >= 0.3 is 0 Å². The number of carbonyl (C=O) groups excluding carboxylic acids is 1. The van der Waals surface area contributed by atoms with Crippen LogP contribution in [0.25, 0.3) is 16.3 Å². The van der Waals surface area contributed by atoms with Gasteiger partial charge in [-0.3, -0.25) is 10.1 Å². The van der Waals surface area contributed by atoms with Crippen LogP contribution in [0.3, 0.4) is 0 Å². The molecule has 4 aromatic rings. The third kappa shape index (κ3) is 3.04. The van der Waals surface area contributed by atoms with E-state index in [9.17, 15) is 9.18 Å². The smallest absolute Gasteiger partial charge is 0.257 e. The molecule has 0 aliphatic heterocycles. The molecule has 9 heteroatoms. The molecule has 2 aromatic carbocycles. The van der Waals surface area contributed by atoms with Gasteiger partial charge in [0.15, 0.2) is 5.82 Å². The zero-order valence-corrected chi connectivity index (χ0v) is 15.0. The van der Waals surface area contributed by atoms with E-state index in [1.165, 1.54) is 23.5 Å². The van der Waals surface area contributed by atoms with E-state index in [-0.39, 0.29) is 10.6 Å². The van der Waals surface area contributed by atoms with Gasteiger partial charge in [-0.25, -0.2) is 4.39 Å². The van der Waals surface area contributed by atoms with Gasteiger partial charge < -0.3 is 0 Å². The molecule has 2 heterocycles. The van der Waals surface area contributed by atoms with Gasteiger partial charge in [0, 0.05) is 11.1 Å². The molecule has 0 bridgehead atoms. The first-order chi connectivity index (χ1) is 12.5. The molecule has 130 valence electrons. The monoisotopic (exact) mass is 387 g/mol. The number of amides is 1. The molecule has 26 heavy (non-hydrogen) atoms. The molecule has 0 saturated carbocycles. The molecule has 0 atom stereocenters. The Hall–Kier alpha value is -2.84. The van der Waals surface area contributed by atoms with Crippen LogP contribution in [0.5, 0.6) is 0 Å². The van der Waals surface area contributed by atoms with Crippen molar-refractivity contribution in [2.24, 2.45) is 0 Å². The molecule has 0 spiro atoms. The number of fused-ring (bicyclic) bond motifs is 1. The molecule has 1 N–H and O–H groups in total. The largest absolute Gasteiger partial charge is 0.296 e. The predicted octanol–water partition coefficient (Wildman–Crippen LogP) is 4.21. The molecule has 4 rings (SSSR count). The number of benzene rings is 2. The summed E-state index contributed by atoms with van der Waals surface area (Å²) in [6.07, 6.45) is 0. The van der Waals surface area contributed by atoms with Crippen LogP contribution in [0.1, 0.15) is 15.9 Å². The number of halogens is 2. The Bertz CT molecular complexity index is 1140. The van der Waals surface area contributed by atoms with E-state index in [1.807, 2.05) is 31.2 Å².